The second-order valence-electron chi connectivity index (χ2n) is 5.21. The summed E-state index contributed by atoms with van der Waals surface area (Å²) in [5, 5.41) is 1.94. The zero-order chi connectivity index (χ0) is 19.1. The standard InChI is InChI=1S/C13H6Cl5OP.C4H9.Li/c14-8-7(9(15)11(17)12(18)10(8)16)5-3-1-2-4-6(5)13(19)20;1-3-4-2;/h1-4H,20H2;1,3-4H2,2H3;. The van der Waals surface area contributed by atoms with E-state index in [1.807, 2.05) is 0 Å². The average molecular weight is 450 g/mol. The van der Waals surface area contributed by atoms with Crippen molar-refractivity contribution >= 4 is 90.5 Å². The number of rotatable bonds is 4. The van der Waals surface area contributed by atoms with Crippen LogP contribution in [0.5, 0.6) is 0 Å². The number of unbranched alkanes of at least 4 members (excludes halogenated alkanes) is 1. The van der Waals surface area contributed by atoms with E-state index in [0.29, 0.717) is 16.7 Å². The average Bonchev–Trinajstić information content (AvgIpc) is 2.60. The van der Waals surface area contributed by atoms with Gasteiger partial charge < -0.3 is 0 Å². The number of halogens is 5. The Morgan fingerprint density at radius 1 is 0.960 bits per heavy atom. The van der Waals surface area contributed by atoms with Gasteiger partial charge in [-0.3, -0.25) is 4.79 Å². The van der Waals surface area contributed by atoms with Gasteiger partial charge in [0.15, 0.2) is 5.52 Å². The molecular weight excluding hydrogens is 435 g/mol. The third-order valence-corrected chi connectivity index (χ3v) is 5.97. The van der Waals surface area contributed by atoms with Crippen LogP contribution >= 0.6 is 67.2 Å². The van der Waals surface area contributed by atoms with Gasteiger partial charge in [0.1, 0.15) is 0 Å². The molecule has 1 atom stereocenters. The fourth-order valence-corrected chi connectivity index (χ4v) is 3.70. The summed E-state index contributed by atoms with van der Waals surface area (Å²) in [6, 6.07) is 6.87. The summed E-state index contributed by atoms with van der Waals surface area (Å²) < 4.78 is 0. The number of hydrogen-bond donors (Lipinski definition) is 0. The minimum atomic E-state index is -0.199. The molecule has 0 heterocycles. The van der Waals surface area contributed by atoms with Crippen molar-refractivity contribution in [2.45, 2.75) is 24.9 Å². The van der Waals surface area contributed by atoms with Gasteiger partial charge in [0.2, 0.25) is 0 Å². The Morgan fingerprint density at radius 3 is 1.84 bits per heavy atom. The summed E-state index contributed by atoms with van der Waals surface area (Å²) in [5.41, 5.74) is 1.17. The third-order valence-electron chi connectivity index (χ3n) is 3.38. The predicted octanol–water partition coefficient (Wildman–Crippen LogP) is 8.01. The van der Waals surface area contributed by atoms with Gasteiger partial charge in [-0.2, -0.15) is 0 Å². The van der Waals surface area contributed by atoms with Crippen LogP contribution in [-0.4, -0.2) is 23.2 Å². The van der Waals surface area contributed by atoms with Crippen LogP contribution in [-0.2, 0) is 0 Å². The first kappa shape index (κ1) is 23.6. The zero-order valence-electron chi connectivity index (χ0n) is 13.8. The van der Waals surface area contributed by atoms with Gasteiger partial charge in [-0.15, -0.1) is 0 Å². The van der Waals surface area contributed by atoms with E-state index in [0.717, 1.165) is 0 Å². The van der Waals surface area contributed by atoms with Gasteiger partial charge in [0.25, 0.3) is 0 Å². The van der Waals surface area contributed by atoms with E-state index in [9.17, 15) is 4.79 Å². The molecule has 0 aliphatic heterocycles. The van der Waals surface area contributed by atoms with Gasteiger partial charge in [-0.1, -0.05) is 91.5 Å². The molecule has 1 unspecified atom stereocenters. The molecule has 8 heteroatoms. The first-order valence-electron chi connectivity index (χ1n) is 7.68. The minimum absolute atomic E-state index is 0.0850. The van der Waals surface area contributed by atoms with Crippen LogP contribution < -0.4 is 0 Å². The van der Waals surface area contributed by atoms with E-state index in [-0.39, 0.29) is 30.6 Å². The van der Waals surface area contributed by atoms with Crippen molar-refractivity contribution in [2.24, 2.45) is 0 Å². The number of benzene rings is 2. The quantitative estimate of drug-likeness (QED) is 0.200. The summed E-state index contributed by atoms with van der Waals surface area (Å²) in [7, 11) is 2.11. The Balaban J connectivity index is 0.000000550. The van der Waals surface area contributed by atoms with Crippen LogP contribution in [0.2, 0.25) is 30.2 Å². The van der Waals surface area contributed by atoms with Crippen molar-refractivity contribution in [1.29, 1.82) is 0 Å². The van der Waals surface area contributed by atoms with E-state index in [1.165, 1.54) is 17.9 Å². The second kappa shape index (κ2) is 11.4. The van der Waals surface area contributed by atoms with Crippen molar-refractivity contribution in [2.75, 3.05) is 0 Å². The molecule has 0 bridgehead atoms. The van der Waals surface area contributed by atoms with Crippen LogP contribution in [0.1, 0.15) is 30.1 Å². The fourth-order valence-electron chi connectivity index (χ4n) is 2.11. The van der Waals surface area contributed by atoms with Crippen LogP contribution in [0.3, 0.4) is 0 Å². The van der Waals surface area contributed by atoms with Crippen LogP contribution in [0.4, 0.5) is 0 Å². The molecule has 25 heavy (non-hydrogen) atoms. The molecule has 1 nitrogen and oxygen atoms in total. The van der Waals surface area contributed by atoms with E-state index < -0.39 is 0 Å². The first-order valence-corrected chi connectivity index (χ1v) is 10.1. The van der Waals surface area contributed by atoms with Crippen molar-refractivity contribution in [1.82, 2.24) is 0 Å². The van der Waals surface area contributed by atoms with E-state index in [4.69, 9.17) is 58.0 Å². The summed E-state index contributed by atoms with van der Waals surface area (Å²) in [5.74, 6) is 0. The van der Waals surface area contributed by atoms with Crippen LogP contribution in [0.15, 0.2) is 24.3 Å². The molecule has 130 valence electrons. The predicted molar refractivity (Wildman–Crippen MR) is 116 cm³/mol. The molecule has 0 spiro atoms. The SMILES string of the molecule is O=C(P)c1ccccc1-c1c(Cl)c(Cl)c(Cl)c(Cl)c1Cl.[Li][CH2]CCC. The van der Waals surface area contributed by atoms with Crippen LogP contribution in [0, 0.1) is 0 Å². The molecule has 0 N–H and O–H groups in total. The summed E-state index contributed by atoms with van der Waals surface area (Å²) in [6.45, 7) is 2.21. The molecule has 0 aromatic heterocycles. The Kier molecular flexibility index (Phi) is 10.8. The van der Waals surface area contributed by atoms with Gasteiger partial charge in [-0.05, 0) is 5.56 Å². The molecule has 0 fully saturated rings. The molecule has 0 aliphatic rings. The fraction of sp³-hybridized carbons (Fsp3) is 0.235. The Morgan fingerprint density at radius 2 is 1.44 bits per heavy atom. The number of carbonyl (C=O) groups excluding carboxylic acids is 1. The molecular formula is C17H15Cl5LiOP. The molecule has 0 saturated heterocycles. The van der Waals surface area contributed by atoms with Gasteiger partial charge in [0, 0.05) is 11.1 Å². The maximum absolute atomic E-state index is 11.7. The normalized spacial score (nSPS) is 10.3. The number of hydrogen-bond acceptors (Lipinski definition) is 1. The van der Waals surface area contributed by atoms with Gasteiger partial charge >= 0.3 is 42.6 Å². The van der Waals surface area contributed by atoms with E-state index in [2.05, 4.69) is 33.9 Å². The van der Waals surface area contributed by atoms with E-state index in [1.54, 1.807) is 24.3 Å². The second-order valence-corrected chi connectivity index (χ2v) is 7.62. The van der Waals surface area contributed by atoms with Crippen molar-refractivity contribution in [3.63, 3.8) is 0 Å². The summed E-state index contributed by atoms with van der Waals surface area (Å²) >= 11 is 32.7. The molecule has 0 aliphatic carbocycles. The maximum atomic E-state index is 11.7. The topological polar surface area (TPSA) is 17.1 Å². The molecule has 2 rings (SSSR count). The Bertz CT molecular complexity index is 736. The molecule has 2 aromatic carbocycles. The monoisotopic (exact) mass is 448 g/mol. The molecule has 0 radical (unpaired) electrons. The number of carbonyl (C=O) groups is 1. The molecule has 2 aromatic rings. The molecule has 0 saturated carbocycles. The van der Waals surface area contributed by atoms with Crippen molar-refractivity contribution in [3.05, 3.63) is 54.9 Å². The summed E-state index contributed by atoms with van der Waals surface area (Å²) in [6.07, 6.45) is 2.73. The van der Waals surface area contributed by atoms with Crippen molar-refractivity contribution in [3.8, 4) is 11.1 Å². The van der Waals surface area contributed by atoms with Gasteiger partial charge in [0.05, 0.1) is 25.1 Å². The molecule has 0 amide bonds. The third kappa shape index (κ3) is 6.04. The first-order chi connectivity index (χ1) is 11.8. The Labute approximate surface area is 185 Å². The van der Waals surface area contributed by atoms with Gasteiger partial charge in [-0.25, -0.2) is 0 Å². The van der Waals surface area contributed by atoms with Crippen LogP contribution in [0.25, 0.3) is 11.1 Å². The van der Waals surface area contributed by atoms with E-state index >= 15 is 0 Å². The van der Waals surface area contributed by atoms with Crippen molar-refractivity contribution < 1.29 is 4.79 Å². The summed E-state index contributed by atoms with van der Waals surface area (Å²) in [4.78, 5) is 11.7. The zero-order valence-corrected chi connectivity index (χ0v) is 18.7. The Hall–Kier alpha value is 0.587.